The zero-order chi connectivity index (χ0) is 13.8. The number of rotatable bonds is 3. The van der Waals surface area contributed by atoms with Crippen molar-refractivity contribution in [3.63, 3.8) is 0 Å². The van der Waals surface area contributed by atoms with Crippen molar-refractivity contribution in [1.82, 2.24) is 4.90 Å². The normalized spacial score (nSPS) is 19.3. The van der Waals surface area contributed by atoms with Crippen LogP contribution in [-0.4, -0.2) is 30.0 Å². The largest absolute Gasteiger partial charge is 0.493 e. The Hall–Kier alpha value is -1.03. The Kier molecular flexibility index (Phi) is 4.86. The fourth-order valence-electron chi connectivity index (χ4n) is 2.47. The molecular weight excluding hydrogens is 306 g/mol. The summed E-state index contributed by atoms with van der Waals surface area (Å²) in [7, 11) is 0. The van der Waals surface area contributed by atoms with Gasteiger partial charge in [-0.3, -0.25) is 4.79 Å². The second-order valence-electron chi connectivity index (χ2n) is 4.92. The number of ether oxygens (including phenoxy) is 1. The Bertz CT molecular complexity index is 461. The quantitative estimate of drug-likeness (QED) is 0.844. The van der Waals surface area contributed by atoms with Crippen LogP contribution < -0.4 is 4.74 Å². The minimum Gasteiger partial charge on any atom is -0.493 e. The van der Waals surface area contributed by atoms with Crippen molar-refractivity contribution in [3.8, 4) is 5.75 Å². The van der Waals surface area contributed by atoms with E-state index in [1.54, 1.807) is 0 Å². The maximum absolute atomic E-state index is 12.5. The van der Waals surface area contributed by atoms with Crippen molar-refractivity contribution in [2.45, 2.75) is 39.2 Å². The van der Waals surface area contributed by atoms with Crippen molar-refractivity contribution < 1.29 is 9.53 Å². The molecule has 19 heavy (non-hydrogen) atoms. The molecule has 1 aliphatic heterocycles. The van der Waals surface area contributed by atoms with Crippen molar-refractivity contribution in [2.24, 2.45) is 0 Å². The van der Waals surface area contributed by atoms with Crippen molar-refractivity contribution in [1.29, 1.82) is 0 Å². The number of carbonyl (C=O) groups is 1. The molecular formula is C15H20BrNO2. The first kappa shape index (κ1) is 14.4. The molecule has 2 rings (SSSR count). The van der Waals surface area contributed by atoms with Gasteiger partial charge in [0.2, 0.25) is 0 Å². The Morgan fingerprint density at radius 2 is 2.26 bits per heavy atom. The summed E-state index contributed by atoms with van der Waals surface area (Å²) in [5.41, 5.74) is 0.726. The molecule has 1 heterocycles. The van der Waals surface area contributed by atoms with Crippen molar-refractivity contribution in [2.75, 3.05) is 13.2 Å². The van der Waals surface area contributed by atoms with Crippen molar-refractivity contribution in [3.05, 3.63) is 28.2 Å². The zero-order valence-corrected chi connectivity index (χ0v) is 13.1. The van der Waals surface area contributed by atoms with Crippen LogP contribution in [0, 0.1) is 0 Å². The summed E-state index contributed by atoms with van der Waals surface area (Å²) in [6.07, 6.45) is 3.43. The number of hydrogen-bond donors (Lipinski definition) is 0. The third-order valence-corrected chi connectivity index (χ3v) is 4.16. The topological polar surface area (TPSA) is 29.5 Å². The van der Waals surface area contributed by atoms with Gasteiger partial charge in [0.05, 0.1) is 11.1 Å². The summed E-state index contributed by atoms with van der Waals surface area (Å²) >= 11 is 3.46. The molecule has 1 aliphatic rings. The highest BCUT2D eigenvalue weighted by molar-refractivity contribution is 9.10. The summed E-state index contributed by atoms with van der Waals surface area (Å²) in [5.74, 6) is 0.904. The fourth-order valence-corrected chi connectivity index (χ4v) is 2.97. The van der Waals surface area contributed by atoms with Gasteiger partial charge in [0, 0.05) is 18.2 Å². The van der Waals surface area contributed by atoms with E-state index in [1.165, 1.54) is 6.42 Å². The molecule has 1 saturated heterocycles. The van der Waals surface area contributed by atoms with Crippen LogP contribution in [0.25, 0.3) is 0 Å². The molecule has 104 valence electrons. The number of likely N-dealkylation sites (tertiary alicyclic amines) is 1. The van der Waals surface area contributed by atoms with E-state index in [2.05, 4.69) is 22.9 Å². The predicted molar refractivity (Wildman–Crippen MR) is 79.7 cm³/mol. The first-order valence-corrected chi connectivity index (χ1v) is 7.66. The van der Waals surface area contributed by atoms with Gasteiger partial charge in [0.25, 0.3) is 5.91 Å². The number of carbonyl (C=O) groups excluding carboxylic acids is 1. The number of hydrogen-bond acceptors (Lipinski definition) is 2. The van der Waals surface area contributed by atoms with E-state index in [-0.39, 0.29) is 5.91 Å². The van der Waals surface area contributed by atoms with E-state index < -0.39 is 0 Å². The maximum Gasteiger partial charge on any atom is 0.254 e. The molecule has 0 aliphatic carbocycles. The number of nitrogens with zero attached hydrogens (tertiary/aromatic N) is 1. The van der Waals surface area contributed by atoms with Gasteiger partial charge in [-0.25, -0.2) is 0 Å². The van der Waals surface area contributed by atoms with Crippen LogP contribution in [-0.2, 0) is 0 Å². The van der Waals surface area contributed by atoms with Gasteiger partial charge in [0.1, 0.15) is 5.75 Å². The van der Waals surface area contributed by atoms with Gasteiger partial charge in [0.15, 0.2) is 0 Å². The average molecular weight is 326 g/mol. The molecule has 0 bridgehead atoms. The molecule has 1 aromatic carbocycles. The molecule has 1 unspecified atom stereocenters. The Balaban J connectivity index is 2.17. The molecule has 4 heteroatoms. The Labute approximate surface area is 123 Å². The van der Waals surface area contributed by atoms with Crippen LogP contribution in [0.5, 0.6) is 5.75 Å². The van der Waals surface area contributed by atoms with Gasteiger partial charge in [-0.15, -0.1) is 0 Å². The lowest BCUT2D eigenvalue weighted by molar-refractivity contribution is 0.0635. The highest BCUT2D eigenvalue weighted by atomic mass is 79.9. The van der Waals surface area contributed by atoms with Crippen LogP contribution in [0.1, 0.15) is 43.5 Å². The standard InChI is InChI=1S/C15H20BrNO2/c1-3-19-14-8-7-12(10-13(14)16)15(18)17-9-5-4-6-11(17)2/h7-8,10-11H,3-6,9H2,1-2H3. The van der Waals surface area contributed by atoms with Crippen LogP contribution in [0.3, 0.4) is 0 Å². The summed E-state index contributed by atoms with van der Waals surface area (Å²) < 4.78 is 6.30. The van der Waals surface area contributed by atoms with Crippen LogP contribution >= 0.6 is 15.9 Å². The molecule has 3 nitrogen and oxygen atoms in total. The second kappa shape index (κ2) is 6.42. The number of halogens is 1. The molecule has 0 radical (unpaired) electrons. The van der Waals surface area contributed by atoms with Gasteiger partial charge < -0.3 is 9.64 Å². The molecule has 1 aromatic rings. The molecule has 0 aromatic heterocycles. The smallest absolute Gasteiger partial charge is 0.254 e. The van der Waals surface area contributed by atoms with Crippen LogP contribution in [0.2, 0.25) is 0 Å². The number of benzene rings is 1. The van der Waals surface area contributed by atoms with E-state index in [4.69, 9.17) is 4.74 Å². The third-order valence-electron chi connectivity index (χ3n) is 3.54. The van der Waals surface area contributed by atoms with Crippen LogP contribution in [0.15, 0.2) is 22.7 Å². The van der Waals surface area contributed by atoms with Gasteiger partial charge in [-0.2, -0.15) is 0 Å². The first-order valence-electron chi connectivity index (χ1n) is 6.86. The van der Waals surface area contributed by atoms with Crippen LogP contribution in [0.4, 0.5) is 0 Å². The number of amides is 1. The molecule has 1 amide bonds. The Morgan fingerprint density at radius 3 is 2.89 bits per heavy atom. The fraction of sp³-hybridized carbons (Fsp3) is 0.533. The van der Waals surface area contributed by atoms with Gasteiger partial charge in [-0.1, -0.05) is 0 Å². The SMILES string of the molecule is CCOc1ccc(C(=O)N2CCCCC2C)cc1Br. The third kappa shape index (κ3) is 3.30. The highest BCUT2D eigenvalue weighted by Crippen LogP contribution is 2.27. The summed E-state index contributed by atoms with van der Waals surface area (Å²) in [5, 5.41) is 0. The van der Waals surface area contributed by atoms with Crippen molar-refractivity contribution >= 4 is 21.8 Å². The lowest BCUT2D eigenvalue weighted by Crippen LogP contribution is -2.42. The molecule has 1 fully saturated rings. The van der Waals surface area contributed by atoms with E-state index in [9.17, 15) is 4.79 Å². The van der Waals surface area contributed by atoms with E-state index in [1.807, 2.05) is 30.0 Å². The minimum absolute atomic E-state index is 0.121. The number of piperidine rings is 1. The summed E-state index contributed by atoms with van der Waals surface area (Å²) in [6, 6.07) is 5.90. The summed E-state index contributed by atoms with van der Waals surface area (Å²) in [4.78, 5) is 14.5. The predicted octanol–water partition coefficient (Wildman–Crippen LogP) is 3.86. The lowest BCUT2D eigenvalue weighted by Gasteiger charge is -2.33. The molecule has 0 saturated carbocycles. The molecule has 1 atom stereocenters. The van der Waals surface area contributed by atoms with E-state index in [0.717, 1.165) is 35.2 Å². The Morgan fingerprint density at radius 1 is 1.47 bits per heavy atom. The van der Waals surface area contributed by atoms with Gasteiger partial charge in [-0.05, 0) is 67.2 Å². The molecule has 0 spiro atoms. The lowest BCUT2D eigenvalue weighted by atomic mass is 10.0. The molecule has 0 N–H and O–H groups in total. The zero-order valence-electron chi connectivity index (χ0n) is 11.5. The monoisotopic (exact) mass is 325 g/mol. The average Bonchev–Trinajstić information content (AvgIpc) is 2.41. The highest BCUT2D eigenvalue weighted by Gasteiger charge is 2.24. The second-order valence-corrected chi connectivity index (χ2v) is 5.78. The van der Waals surface area contributed by atoms with E-state index in [0.29, 0.717) is 12.6 Å². The first-order chi connectivity index (χ1) is 9.13. The maximum atomic E-state index is 12.5. The minimum atomic E-state index is 0.121. The van der Waals surface area contributed by atoms with Gasteiger partial charge >= 0.3 is 0 Å². The summed E-state index contributed by atoms with van der Waals surface area (Å²) in [6.45, 7) is 5.56. The van der Waals surface area contributed by atoms with E-state index >= 15 is 0 Å².